The van der Waals surface area contributed by atoms with Crippen LogP contribution in [0, 0.1) is 10.7 Å². The van der Waals surface area contributed by atoms with Crippen molar-refractivity contribution in [1.29, 1.82) is 0 Å². The smallest absolute Gasteiger partial charge is 0.337 e. The second kappa shape index (κ2) is 10.3. The lowest BCUT2D eigenvalue weighted by atomic mass is 10.1. The van der Waals surface area contributed by atoms with E-state index in [2.05, 4.69) is 0 Å². The van der Waals surface area contributed by atoms with Gasteiger partial charge in [0.1, 0.15) is 0 Å². The first-order valence-electron chi connectivity index (χ1n) is 6.25. The Labute approximate surface area is 205 Å². The number of aromatic carboxylic acids is 2. The SMILES string of the molecule is CC1SCC(=O)N(c2c(I)c(C(=O)O)c(I)c(C(=O)O)c2I)C1=O.Cl.Cl. The van der Waals surface area contributed by atoms with E-state index >= 15 is 0 Å². The Kier molecular flexibility index (Phi) is 10.4. The van der Waals surface area contributed by atoms with Crippen molar-refractivity contribution in [2.75, 3.05) is 10.7 Å². The van der Waals surface area contributed by atoms with Crippen LogP contribution in [0.25, 0.3) is 0 Å². The van der Waals surface area contributed by atoms with Crippen LogP contribution >= 0.6 is 104 Å². The molecule has 1 aromatic rings. The van der Waals surface area contributed by atoms with Crippen LogP contribution in [-0.2, 0) is 9.59 Å². The number of hydrogen-bond acceptors (Lipinski definition) is 5. The number of nitrogens with zero attached hydrogens (tertiary/aromatic N) is 1. The Morgan fingerprint density at radius 2 is 1.42 bits per heavy atom. The molecule has 0 bridgehead atoms. The number of rotatable bonds is 3. The Morgan fingerprint density at radius 3 is 1.81 bits per heavy atom. The molecule has 1 aromatic carbocycles. The molecular weight excluding hydrogens is 750 g/mol. The molecule has 1 saturated heterocycles. The van der Waals surface area contributed by atoms with Gasteiger partial charge < -0.3 is 10.2 Å². The third-order valence-corrected chi connectivity index (χ3v) is 7.51. The summed E-state index contributed by atoms with van der Waals surface area (Å²) in [6.45, 7) is 1.65. The molecule has 1 fully saturated rings. The average Bonchev–Trinajstić information content (AvgIpc) is 2.45. The number of carbonyl (C=O) groups is 4. The van der Waals surface area contributed by atoms with Crippen LogP contribution in [0.3, 0.4) is 0 Å². The Balaban J connectivity index is 0.00000312. The van der Waals surface area contributed by atoms with Gasteiger partial charge in [0.05, 0.1) is 35.0 Å². The average molecular weight is 760 g/mol. The van der Waals surface area contributed by atoms with Crippen molar-refractivity contribution >= 4 is 134 Å². The summed E-state index contributed by atoms with van der Waals surface area (Å²) in [7, 11) is 0. The summed E-state index contributed by atoms with van der Waals surface area (Å²) in [4.78, 5) is 48.9. The van der Waals surface area contributed by atoms with Crippen molar-refractivity contribution in [3.63, 3.8) is 0 Å². The van der Waals surface area contributed by atoms with Gasteiger partial charge in [0, 0.05) is 3.57 Å². The number of halogens is 5. The molecule has 26 heavy (non-hydrogen) atoms. The summed E-state index contributed by atoms with van der Waals surface area (Å²) in [6.07, 6.45) is 0. The number of hydrogen-bond donors (Lipinski definition) is 2. The van der Waals surface area contributed by atoms with Crippen molar-refractivity contribution in [1.82, 2.24) is 0 Å². The van der Waals surface area contributed by atoms with E-state index in [1.54, 1.807) is 74.7 Å². The minimum atomic E-state index is -1.32. The molecule has 1 atom stereocenters. The second-order valence-corrected chi connectivity index (χ2v) is 9.24. The molecule has 1 aliphatic heterocycles. The Hall–Kier alpha value is 0.420. The minimum absolute atomic E-state index is 0. The monoisotopic (exact) mass is 759 g/mol. The highest BCUT2D eigenvalue weighted by atomic mass is 127. The summed E-state index contributed by atoms with van der Waals surface area (Å²) in [5, 5.41) is 18.4. The topological polar surface area (TPSA) is 112 Å². The van der Waals surface area contributed by atoms with Crippen LogP contribution in [0.2, 0.25) is 0 Å². The van der Waals surface area contributed by atoms with Crippen LogP contribution in [0.4, 0.5) is 5.69 Å². The van der Waals surface area contributed by atoms with Crippen LogP contribution in [0.5, 0.6) is 0 Å². The number of anilines is 1. The minimum Gasteiger partial charge on any atom is -0.478 e. The summed E-state index contributed by atoms with van der Waals surface area (Å²) < 4.78 is 0.392. The molecule has 7 nitrogen and oxygen atoms in total. The number of imide groups is 1. The maximum Gasteiger partial charge on any atom is 0.337 e. The molecule has 0 aromatic heterocycles. The molecule has 2 N–H and O–H groups in total. The highest BCUT2D eigenvalue weighted by molar-refractivity contribution is 14.1. The first-order valence-corrected chi connectivity index (χ1v) is 10.5. The molecule has 1 heterocycles. The molecule has 0 aliphatic carbocycles. The van der Waals surface area contributed by atoms with Gasteiger partial charge in [-0.05, 0) is 74.7 Å². The zero-order valence-electron chi connectivity index (χ0n) is 12.6. The third-order valence-electron chi connectivity index (χ3n) is 3.22. The van der Waals surface area contributed by atoms with E-state index in [0.29, 0.717) is 0 Å². The van der Waals surface area contributed by atoms with Gasteiger partial charge >= 0.3 is 11.9 Å². The van der Waals surface area contributed by atoms with E-state index in [1.165, 1.54) is 11.8 Å². The lowest BCUT2D eigenvalue weighted by molar-refractivity contribution is -0.125. The van der Waals surface area contributed by atoms with Gasteiger partial charge in [-0.1, -0.05) is 0 Å². The maximum atomic E-state index is 12.5. The first-order chi connectivity index (χ1) is 11.1. The normalized spacial score (nSPS) is 16.6. The molecule has 2 amide bonds. The zero-order valence-corrected chi connectivity index (χ0v) is 21.5. The summed E-state index contributed by atoms with van der Waals surface area (Å²) in [6, 6.07) is 0. The van der Waals surface area contributed by atoms with Gasteiger partial charge in [-0.3, -0.25) is 9.59 Å². The number of amides is 2. The highest BCUT2D eigenvalue weighted by Gasteiger charge is 2.39. The van der Waals surface area contributed by atoms with Crippen LogP contribution in [0.15, 0.2) is 0 Å². The molecule has 0 saturated carbocycles. The van der Waals surface area contributed by atoms with E-state index in [-0.39, 0.29) is 58.1 Å². The highest BCUT2D eigenvalue weighted by Crippen LogP contribution is 2.40. The molecule has 0 spiro atoms. The fourth-order valence-corrected chi connectivity index (χ4v) is 7.44. The van der Waals surface area contributed by atoms with E-state index < -0.39 is 29.0 Å². The molecule has 2 rings (SSSR count). The number of carbonyl (C=O) groups excluding carboxylic acids is 2. The molecule has 144 valence electrons. The first kappa shape index (κ1) is 26.4. The van der Waals surface area contributed by atoms with Crippen molar-refractivity contribution in [3.05, 3.63) is 21.8 Å². The van der Waals surface area contributed by atoms with Gasteiger partial charge in [0.2, 0.25) is 11.8 Å². The van der Waals surface area contributed by atoms with Crippen molar-refractivity contribution < 1.29 is 29.4 Å². The predicted octanol–water partition coefficient (Wildman–Crippen LogP) is 3.74. The molecule has 13 heteroatoms. The summed E-state index contributed by atoms with van der Waals surface area (Å²) in [5.74, 6) is -3.55. The third kappa shape index (κ3) is 4.69. The van der Waals surface area contributed by atoms with E-state index in [0.717, 1.165) is 4.90 Å². The van der Waals surface area contributed by atoms with Crippen molar-refractivity contribution in [3.8, 4) is 0 Å². The zero-order chi connectivity index (χ0) is 18.3. The fourth-order valence-electron chi connectivity index (χ4n) is 2.09. The van der Waals surface area contributed by atoms with Gasteiger partial charge in [-0.25, -0.2) is 14.5 Å². The number of thioether (sulfide) groups is 1. The predicted molar refractivity (Wildman–Crippen MR) is 127 cm³/mol. The van der Waals surface area contributed by atoms with Crippen molar-refractivity contribution in [2.24, 2.45) is 0 Å². The van der Waals surface area contributed by atoms with Gasteiger partial charge in [-0.15, -0.1) is 36.6 Å². The van der Waals surface area contributed by atoms with Gasteiger partial charge in [-0.2, -0.15) is 0 Å². The van der Waals surface area contributed by atoms with E-state index in [9.17, 15) is 29.4 Å². The van der Waals surface area contributed by atoms with E-state index in [1.807, 2.05) is 0 Å². The summed E-state index contributed by atoms with van der Waals surface area (Å²) in [5.41, 5.74) is -0.417. The van der Waals surface area contributed by atoms with Crippen LogP contribution < -0.4 is 4.90 Å². The molecule has 1 unspecified atom stereocenters. The molecule has 0 radical (unpaired) electrons. The van der Waals surface area contributed by atoms with Gasteiger partial charge in [0.25, 0.3) is 0 Å². The van der Waals surface area contributed by atoms with Crippen molar-refractivity contribution in [2.45, 2.75) is 12.2 Å². The lowest BCUT2D eigenvalue weighted by Gasteiger charge is -2.31. The number of carboxylic acid groups (broad SMARTS) is 2. The second-order valence-electron chi connectivity index (χ2n) is 4.67. The fraction of sp³-hybridized carbons (Fsp3) is 0.231. The van der Waals surface area contributed by atoms with E-state index in [4.69, 9.17) is 0 Å². The Bertz CT molecular complexity index is 766. The summed E-state index contributed by atoms with van der Waals surface area (Å²) >= 11 is 6.33. The number of benzene rings is 1. The molecule has 1 aliphatic rings. The lowest BCUT2D eigenvalue weighted by Crippen LogP contribution is -2.48. The standard InChI is InChI=1S/C13H8I3NO6S.2ClH/c1-3-11(19)17(4(18)2-24-3)10-8(15)5(12(20)21)7(14)6(9(10)16)13(22)23;;/h3H,2H2,1H3,(H,20,21)(H,22,23);2*1H. The largest absolute Gasteiger partial charge is 0.478 e. The van der Waals surface area contributed by atoms with Gasteiger partial charge in [0.15, 0.2) is 0 Å². The van der Waals surface area contributed by atoms with Crippen LogP contribution in [-0.4, -0.2) is 45.0 Å². The Morgan fingerprint density at radius 1 is 1.00 bits per heavy atom. The molecular formula is C13H10Cl2I3NO6S. The maximum absolute atomic E-state index is 12.5. The number of carboxylic acids is 2. The quantitative estimate of drug-likeness (QED) is 0.357. The van der Waals surface area contributed by atoms with Crippen LogP contribution in [0.1, 0.15) is 27.6 Å².